The summed E-state index contributed by atoms with van der Waals surface area (Å²) in [6, 6.07) is -0.335. The zero-order chi connectivity index (χ0) is 21.6. The summed E-state index contributed by atoms with van der Waals surface area (Å²) < 4.78 is 18.5. The Labute approximate surface area is 184 Å². The van der Waals surface area contributed by atoms with E-state index in [4.69, 9.17) is 14.2 Å². The molecule has 12 heteroatoms. The van der Waals surface area contributed by atoms with Crippen LogP contribution in [0.2, 0.25) is 0 Å². The Balaban J connectivity index is 1.54. The van der Waals surface area contributed by atoms with Gasteiger partial charge in [-0.05, 0) is 19.8 Å². The summed E-state index contributed by atoms with van der Waals surface area (Å²) in [6.45, 7) is 6.44. The van der Waals surface area contributed by atoms with Crippen molar-refractivity contribution in [3.63, 3.8) is 0 Å². The van der Waals surface area contributed by atoms with Gasteiger partial charge in [-0.15, -0.1) is 10.2 Å². The topological polar surface area (TPSA) is 120 Å². The fourth-order valence-corrected chi connectivity index (χ4v) is 4.67. The highest BCUT2D eigenvalue weighted by molar-refractivity contribution is 7.99. The fraction of sp³-hybridized carbons (Fsp3) is 0.684. The second kappa shape index (κ2) is 10.3. The number of thioether (sulfide) groups is 1. The Morgan fingerprint density at radius 2 is 2.13 bits per heavy atom. The normalized spacial score (nSPS) is 21.8. The standard InChI is InChI=1S/C19H28N6O5S/c1-2-29-16(26)14-10-20-17(27)21-15(14)12-31-19-23-22-18(24-5-8-28-9-6-24)25(19)11-13-4-3-7-30-13/h13H,2-12H2,1H3,(H2,20,21,27)/t13-/m1/s1. The molecule has 170 valence electrons. The number of urea groups is 1. The number of nitrogens with one attached hydrogen (secondary N) is 2. The van der Waals surface area contributed by atoms with Gasteiger partial charge >= 0.3 is 12.0 Å². The van der Waals surface area contributed by atoms with Crippen LogP contribution in [-0.2, 0) is 25.5 Å². The zero-order valence-electron chi connectivity index (χ0n) is 17.6. The minimum absolute atomic E-state index is 0.128. The van der Waals surface area contributed by atoms with Crippen molar-refractivity contribution in [1.29, 1.82) is 0 Å². The molecule has 2 amide bonds. The Kier molecular flexibility index (Phi) is 7.30. The summed E-state index contributed by atoms with van der Waals surface area (Å²) in [5.74, 6) is 0.740. The van der Waals surface area contributed by atoms with Crippen molar-refractivity contribution in [1.82, 2.24) is 25.4 Å². The molecule has 0 bridgehead atoms. The molecule has 0 aliphatic carbocycles. The molecule has 0 aromatic carbocycles. The lowest BCUT2D eigenvalue weighted by Gasteiger charge is -2.28. The van der Waals surface area contributed by atoms with Crippen molar-refractivity contribution in [2.45, 2.75) is 37.6 Å². The summed E-state index contributed by atoms with van der Waals surface area (Å²) >= 11 is 1.43. The van der Waals surface area contributed by atoms with Crippen molar-refractivity contribution in [3.8, 4) is 0 Å². The predicted molar refractivity (Wildman–Crippen MR) is 113 cm³/mol. The molecule has 1 aromatic heterocycles. The van der Waals surface area contributed by atoms with E-state index in [-0.39, 0.29) is 25.3 Å². The lowest BCUT2D eigenvalue weighted by atomic mass is 10.2. The van der Waals surface area contributed by atoms with E-state index < -0.39 is 5.97 Å². The van der Waals surface area contributed by atoms with Gasteiger partial charge in [0, 0.05) is 31.1 Å². The first-order valence-corrected chi connectivity index (χ1v) is 11.6. The molecule has 4 heterocycles. The first-order valence-electron chi connectivity index (χ1n) is 10.6. The Hall–Kier alpha value is -2.31. The molecule has 31 heavy (non-hydrogen) atoms. The monoisotopic (exact) mass is 452 g/mol. The van der Waals surface area contributed by atoms with E-state index >= 15 is 0 Å². The minimum Gasteiger partial charge on any atom is -0.463 e. The van der Waals surface area contributed by atoms with Crippen LogP contribution in [0, 0.1) is 0 Å². The van der Waals surface area contributed by atoms with Crippen molar-refractivity contribution in [2.24, 2.45) is 0 Å². The van der Waals surface area contributed by atoms with Gasteiger partial charge in [-0.3, -0.25) is 4.57 Å². The zero-order valence-corrected chi connectivity index (χ0v) is 18.4. The molecule has 2 fully saturated rings. The summed E-state index contributed by atoms with van der Waals surface area (Å²) in [4.78, 5) is 26.3. The van der Waals surface area contributed by atoms with Gasteiger partial charge in [0.2, 0.25) is 5.95 Å². The van der Waals surface area contributed by atoms with E-state index in [0.29, 0.717) is 36.8 Å². The van der Waals surface area contributed by atoms with Crippen LogP contribution in [-0.4, -0.2) is 84.7 Å². The van der Waals surface area contributed by atoms with Gasteiger partial charge in [0.05, 0.1) is 44.6 Å². The molecule has 2 saturated heterocycles. The van der Waals surface area contributed by atoms with E-state index in [2.05, 4.69) is 30.3 Å². The highest BCUT2D eigenvalue weighted by Crippen LogP contribution is 2.27. The Bertz CT molecular complexity index is 832. The van der Waals surface area contributed by atoms with Gasteiger partial charge < -0.3 is 29.7 Å². The van der Waals surface area contributed by atoms with Gasteiger partial charge in [0.25, 0.3) is 0 Å². The maximum absolute atomic E-state index is 12.3. The van der Waals surface area contributed by atoms with Crippen LogP contribution in [0.15, 0.2) is 16.4 Å². The van der Waals surface area contributed by atoms with Crippen molar-refractivity contribution >= 4 is 29.7 Å². The van der Waals surface area contributed by atoms with E-state index in [1.807, 2.05) is 0 Å². The number of hydrogen-bond acceptors (Lipinski definition) is 9. The molecule has 0 unspecified atom stereocenters. The number of esters is 1. The molecular weight excluding hydrogens is 424 g/mol. The molecule has 4 rings (SSSR count). The average molecular weight is 453 g/mol. The number of hydrogen-bond donors (Lipinski definition) is 2. The number of carbonyl (C=O) groups excluding carboxylic acids is 2. The number of ether oxygens (including phenoxy) is 3. The molecule has 11 nitrogen and oxygen atoms in total. The van der Waals surface area contributed by atoms with Gasteiger partial charge in [0.15, 0.2) is 5.16 Å². The summed E-state index contributed by atoms with van der Waals surface area (Å²) in [6.07, 6.45) is 2.19. The number of anilines is 1. The number of carbonyl (C=O) groups is 2. The third-order valence-corrected chi connectivity index (χ3v) is 6.32. The first-order chi connectivity index (χ1) is 15.2. The lowest BCUT2D eigenvalue weighted by Crippen LogP contribution is -2.44. The lowest BCUT2D eigenvalue weighted by molar-refractivity contribution is -0.138. The van der Waals surface area contributed by atoms with Crippen LogP contribution in [0.4, 0.5) is 10.7 Å². The molecule has 1 aromatic rings. The summed E-state index contributed by atoms with van der Waals surface area (Å²) in [5.41, 5.74) is 0.958. The molecule has 0 spiro atoms. The smallest absolute Gasteiger partial charge is 0.337 e. The van der Waals surface area contributed by atoms with Crippen LogP contribution in [0.5, 0.6) is 0 Å². The largest absolute Gasteiger partial charge is 0.463 e. The number of nitrogens with zero attached hydrogens (tertiary/aromatic N) is 4. The van der Waals surface area contributed by atoms with Crippen LogP contribution in [0.3, 0.4) is 0 Å². The average Bonchev–Trinajstić information content (AvgIpc) is 3.43. The SMILES string of the molecule is CCOC(=O)C1=C(CSc2nnc(N3CCOCC3)n2C[C@H]2CCCO2)NC(=O)NC1. The molecule has 3 aliphatic heterocycles. The highest BCUT2D eigenvalue weighted by atomic mass is 32.2. The Morgan fingerprint density at radius 3 is 2.87 bits per heavy atom. The fourth-order valence-electron chi connectivity index (χ4n) is 3.74. The van der Waals surface area contributed by atoms with Gasteiger partial charge in [-0.2, -0.15) is 0 Å². The number of aromatic nitrogens is 3. The van der Waals surface area contributed by atoms with Gasteiger partial charge in [-0.25, -0.2) is 9.59 Å². The maximum Gasteiger partial charge on any atom is 0.337 e. The van der Waals surface area contributed by atoms with Crippen LogP contribution >= 0.6 is 11.8 Å². The summed E-state index contributed by atoms with van der Waals surface area (Å²) in [7, 11) is 0. The summed E-state index contributed by atoms with van der Waals surface area (Å²) in [5, 5.41) is 14.9. The van der Waals surface area contributed by atoms with Gasteiger partial charge in [-0.1, -0.05) is 11.8 Å². The third-order valence-electron chi connectivity index (χ3n) is 5.32. The Morgan fingerprint density at radius 1 is 1.29 bits per heavy atom. The van der Waals surface area contributed by atoms with E-state index in [1.54, 1.807) is 6.92 Å². The van der Waals surface area contributed by atoms with Crippen molar-refractivity contribution in [2.75, 3.05) is 56.7 Å². The first kappa shape index (κ1) is 21.9. The van der Waals surface area contributed by atoms with Crippen molar-refractivity contribution < 1.29 is 23.8 Å². The van der Waals surface area contributed by atoms with Gasteiger partial charge in [0.1, 0.15) is 0 Å². The number of morpholine rings is 1. The van der Waals surface area contributed by atoms with E-state index in [9.17, 15) is 9.59 Å². The van der Waals surface area contributed by atoms with Crippen molar-refractivity contribution in [3.05, 3.63) is 11.3 Å². The molecule has 2 N–H and O–H groups in total. The molecule has 0 saturated carbocycles. The van der Waals surface area contributed by atoms with E-state index in [0.717, 1.165) is 43.6 Å². The van der Waals surface area contributed by atoms with Crippen LogP contribution < -0.4 is 15.5 Å². The predicted octanol–water partition coefficient (Wildman–Crippen LogP) is 0.516. The highest BCUT2D eigenvalue weighted by Gasteiger charge is 2.27. The second-order valence-corrected chi connectivity index (χ2v) is 8.34. The number of rotatable bonds is 8. The third kappa shape index (κ3) is 5.31. The molecule has 1 atom stereocenters. The number of amides is 2. The van der Waals surface area contributed by atoms with E-state index in [1.165, 1.54) is 11.8 Å². The van der Waals surface area contributed by atoms with Crippen LogP contribution in [0.1, 0.15) is 19.8 Å². The molecular formula is C19H28N6O5S. The van der Waals surface area contributed by atoms with Crippen LogP contribution in [0.25, 0.3) is 0 Å². The maximum atomic E-state index is 12.3. The second-order valence-electron chi connectivity index (χ2n) is 7.40. The quantitative estimate of drug-likeness (QED) is 0.429. The minimum atomic E-state index is -0.430. The molecule has 3 aliphatic rings. The molecule has 0 radical (unpaired) electrons.